The number of nitriles is 1. The number of hydrogen-bond acceptors (Lipinski definition) is 5. The number of carbonyl (C=O) groups is 1. The maximum Gasteiger partial charge on any atom is 0.270 e. The molecule has 0 spiro atoms. The number of non-ortho nitro benzene ring substituents is 1. The highest BCUT2D eigenvalue weighted by molar-refractivity contribution is 7.16. The molecule has 8 heteroatoms. The Labute approximate surface area is 153 Å². The first kappa shape index (κ1) is 17.4. The summed E-state index contributed by atoms with van der Waals surface area (Å²) >= 11 is 7.41. The van der Waals surface area contributed by atoms with Crippen LogP contribution in [0.1, 0.15) is 39.7 Å². The van der Waals surface area contributed by atoms with Crippen molar-refractivity contribution in [2.24, 2.45) is 5.92 Å². The second-order valence-corrected chi connectivity index (χ2v) is 7.56. The molecule has 1 aliphatic carbocycles. The van der Waals surface area contributed by atoms with Gasteiger partial charge in [0.05, 0.1) is 21.1 Å². The molecule has 128 valence electrons. The van der Waals surface area contributed by atoms with E-state index >= 15 is 0 Å². The van der Waals surface area contributed by atoms with Crippen LogP contribution in [-0.2, 0) is 12.8 Å². The summed E-state index contributed by atoms with van der Waals surface area (Å²) in [6.07, 6.45) is 2.77. The number of thiophene rings is 1. The number of amides is 1. The second kappa shape index (κ2) is 6.82. The molecule has 1 amide bonds. The van der Waals surface area contributed by atoms with Gasteiger partial charge in [0.25, 0.3) is 11.6 Å². The molecule has 1 atom stereocenters. The van der Waals surface area contributed by atoms with Crippen molar-refractivity contribution in [1.29, 1.82) is 5.26 Å². The molecule has 1 N–H and O–H groups in total. The van der Waals surface area contributed by atoms with E-state index in [4.69, 9.17) is 11.6 Å². The Morgan fingerprint density at radius 2 is 2.28 bits per heavy atom. The first-order valence-corrected chi connectivity index (χ1v) is 8.90. The van der Waals surface area contributed by atoms with Crippen LogP contribution in [0.25, 0.3) is 0 Å². The molecular weight excluding hydrogens is 362 g/mol. The molecule has 1 aliphatic rings. The molecule has 1 heterocycles. The summed E-state index contributed by atoms with van der Waals surface area (Å²) < 4.78 is 0. The van der Waals surface area contributed by atoms with E-state index in [0.717, 1.165) is 35.8 Å². The van der Waals surface area contributed by atoms with Gasteiger partial charge in [0, 0.05) is 17.0 Å². The lowest BCUT2D eigenvalue weighted by Crippen LogP contribution is -2.13. The van der Waals surface area contributed by atoms with Gasteiger partial charge in [-0.25, -0.2) is 0 Å². The second-order valence-electron chi connectivity index (χ2n) is 6.04. The Bertz CT molecular complexity index is 917. The average molecular weight is 376 g/mol. The van der Waals surface area contributed by atoms with Gasteiger partial charge in [0.1, 0.15) is 11.1 Å². The fraction of sp³-hybridized carbons (Fsp3) is 0.294. The van der Waals surface area contributed by atoms with Crippen molar-refractivity contribution in [3.63, 3.8) is 0 Å². The van der Waals surface area contributed by atoms with E-state index in [2.05, 4.69) is 18.3 Å². The minimum Gasteiger partial charge on any atom is -0.312 e. The van der Waals surface area contributed by atoms with Gasteiger partial charge in [-0.15, -0.1) is 11.3 Å². The van der Waals surface area contributed by atoms with E-state index in [1.54, 1.807) is 0 Å². The van der Waals surface area contributed by atoms with E-state index in [0.29, 0.717) is 16.5 Å². The van der Waals surface area contributed by atoms with Gasteiger partial charge in [-0.3, -0.25) is 14.9 Å². The van der Waals surface area contributed by atoms with Crippen LogP contribution in [0.3, 0.4) is 0 Å². The van der Waals surface area contributed by atoms with Crippen LogP contribution in [0, 0.1) is 27.4 Å². The van der Waals surface area contributed by atoms with E-state index in [9.17, 15) is 20.2 Å². The van der Waals surface area contributed by atoms with Gasteiger partial charge in [-0.1, -0.05) is 18.5 Å². The van der Waals surface area contributed by atoms with Crippen molar-refractivity contribution in [2.45, 2.75) is 26.2 Å². The Morgan fingerprint density at radius 1 is 1.52 bits per heavy atom. The molecule has 6 nitrogen and oxygen atoms in total. The number of carbonyl (C=O) groups excluding carboxylic acids is 1. The number of nitrogens with zero attached hydrogens (tertiary/aromatic N) is 2. The van der Waals surface area contributed by atoms with Gasteiger partial charge in [0.2, 0.25) is 0 Å². The van der Waals surface area contributed by atoms with Crippen molar-refractivity contribution in [3.8, 4) is 6.07 Å². The molecule has 0 saturated heterocycles. The number of hydrogen-bond donors (Lipinski definition) is 1. The van der Waals surface area contributed by atoms with Crippen molar-refractivity contribution in [1.82, 2.24) is 0 Å². The number of benzene rings is 1. The number of nitro groups is 1. The van der Waals surface area contributed by atoms with Crippen LogP contribution in [0.5, 0.6) is 0 Å². The highest BCUT2D eigenvalue weighted by atomic mass is 35.5. The Hall–Kier alpha value is -2.43. The SMILES string of the molecule is CC1CCc2sc(NC(=O)c3cc([N+](=O)[O-])ccc3Cl)c(C#N)c2C1. The van der Waals surface area contributed by atoms with Crippen molar-refractivity contribution < 1.29 is 9.72 Å². The normalized spacial score (nSPS) is 16.0. The molecule has 1 aromatic heterocycles. The lowest BCUT2D eigenvalue weighted by atomic mass is 9.88. The summed E-state index contributed by atoms with van der Waals surface area (Å²) in [4.78, 5) is 24.0. The third-order valence-corrected chi connectivity index (χ3v) is 5.79. The van der Waals surface area contributed by atoms with Crippen molar-refractivity contribution in [2.75, 3.05) is 5.32 Å². The summed E-state index contributed by atoms with van der Waals surface area (Å²) in [6.45, 7) is 2.14. The molecule has 0 fully saturated rings. The van der Waals surface area contributed by atoms with Gasteiger partial charge in [-0.2, -0.15) is 5.26 Å². The fourth-order valence-electron chi connectivity index (χ4n) is 2.94. The predicted octanol–water partition coefficient (Wildman–Crippen LogP) is 4.56. The molecule has 1 aromatic carbocycles. The Balaban J connectivity index is 1.93. The molecule has 0 radical (unpaired) electrons. The van der Waals surface area contributed by atoms with Gasteiger partial charge < -0.3 is 5.32 Å². The molecule has 25 heavy (non-hydrogen) atoms. The topological polar surface area (TPSA) is 96.0 Å². The zero-order valence-electron chi connectivity index (χ0n) is 13.3. The lowest BCUT2D eigenvalue weighted by molar-refractivity contribution is -0.384. The quantitative estimate of drug-likeness (QED) is 0.628. The minimum atomic E-state index is -0.584. The van der Waals surface area contributed by atoms with E-state index < -0.39 is 10.8 Å². The fourth-order valence-corrected chi connectivity index (χ4v) is 4.33. The molecule has 0 saturated carbocycles. The highest BCUT2D eigenvalue weighted by Crippen LogP contribution is 2.39. The van der Waals surface area contributed by atoms with Crippen LogP contribution in [0.4, 0.5) is 10.7 Å². The number of aryl methyl sites for hydroxylation is 1. The average Bonchev–Trinajstić information content (AvgIpc) is 2.91. The number of anilines is 1. The molecule has 2 aromatic rings. The minimum absolute atomic E-state index is 0.0134. The van der Waals surface area contributed by atoms with E-state index in [1.807, 2.05) is 0 Å². The zero-order chi connectivity index (χ0) is 18.1. The van der Waals surface area contributed by atoms with Gasteiger partial charge in [-0.05, 0) is 36.8 Å². The maximum absolute atomic E-state index is 12.5. The van der Waals surface area contributed by atoms with Crippen LogP contribution in [0.15, 0.2) is 18.2 Å². The highest BCUT2D eigenvalue weighted by Gasteiger charge is 2.25. The summed E-state index contributed by atoms with van der Waals surface area (Å²) in [5.41, 5.74) is 1.29. The first-order valence-electron chi connectivity index (χ1n) is 7.70. The Kier molecular flexibility index (Phi) is 4.75. The summed E-state index contributed by atoms with van der Waals surface area (Å²) in [6, 6.07) is 5.88. The predicted molar refractivity (Wildman–Crippen MR) is 96.3 cm³/mol. The van der Waals surface area contributed by atoms with Crippen molar-refractivity contribution in [3.05, 3.63) is 54.9 Å². The number of nitro benzene ring substituents is 1. The number of nitrogens with one attached hydrogen (secondary N) is 1. The third kappa shape index (κ3) is 3.36. The van der Waals surface area contributed by atoms with E-state index in [-0.39, 0.29) is 16.3 Å². The van der Waals surface area contributed by atoms with Gasteiger partial charge >= 0.3 is 0 Å². The molecule has 0 aliphatic heterocycles. The summed E-state index contributed by atoms with van der Waals surface area (Å²) in [5, 5.41) is 23.7. The van der Waals surface area contributed by atoms with E-state index in [1.165, 1.54) is 23.5 Å². The van der Waals surface area contributed by atoms with Crippen molar-refractivity contribution >= 4 is 39.5 Å². The standard InChI is InChI=1S/C17H14ClN3O3S/c1-9-2-5-15-11(6-9)13(8-19)17(25-15)20-16(22)12-7-10(21(23)24)3-4-14(12)18/h3-4,7,9H,2,5-6H2,1H3,(H,20,22). The van der Waals surface area contributed by atoms with Crippen LogP contribution < -0.4 is 5.32 Å². The number of rotatable bonds is 3. The zero-order valence-corrected chi connectivity index (χ0v) is 14.9. The largest absolute Gasteiger partial charge is 0.312 e. The maximum atomic E-state index is 12.5. The molecular formula is C17H14ClN3O3S. The molecule has 0 bridgehead atoms. The summed E-state index contributed by atoms with van der Waals surface area (Å²) in [5.74, 6) is -0.0548. The smallest absolute Gasteiger partial charge is 0.270 e. The first-order chi connectivity index (χ1) is 11.9. The number of halogens is 1. The molecule has 3 rings (SSSR count). The van der Waals surface area contributed by atoms with Gasteiger partial charge in [0.15, 0.2) is 0 Å². The van der Waals surface area contributed by atoms with Crippen LogP contribution >= 0.6 is 22.9 Å². The Morgan fingerprint density at radius 3 is 2.96 bits per heavy atom. The number of fused-ring (bicyclic) bond motifs is 1. The van der Waals surface area contributed by atoms with Crippen LogP contribution in [-0.4, -0.2) is 10.8 Å². The molecule has 1 unspecified atom stereocenters. The summed E-state index contributed by atoms with van der Waals surface area (Å²) in [7, 11) is 0. The lowest BCUT2D eigenvalue weighted by Gasteiger charge is -2.17. The third-order valence-electron chi connectivity index (χ3n) is 4.25. The monoisotopic (exact) mass is 375 g/mol. The van der Waals surface area contributed by atoms with Crippen LogP contribution in [0.2, 0.25) is 5.02 Å².